The highest BCUT2D eigenvalue weighted by Crippen LogP contribution is 2.47. The fourth-order valence-electron chi connectivity index (χ4n) is 7.72. The quantitative estimate of drug-likeness (QED) is 0.157. The van der Waals surface area contributed by atoms with Gasteiger partial charge in [-0.25, -0.2) is 0 Å². The second-order valence-electron chi connectivity index (χ2n) is 13.8. The van der Waals surface area contributed by atoms with Crippen molar-refractivity contribution in [2.75, 3.05) is 9.80 Å². The summed E-state index contributed by atoms with van der Waals surface area (Å²) in [4.78, 5) is 4.65. The maximum Gasteiger partial charge on any atom is 0.159 e. The Morgan fingerprint density at radius 2 is 0.709 bits per heavy atom. The molecule has 10 aromatic rings. The van der Waals surface area contributed by atoms with Gasteiger partial charge in [-0.15, -0.1) is 0 Å². The number of para-hydroxylation sites is 3. The van der Waals surface area contributed by atoms with Gasteiger partial charge in [0.25, 0.3) is 0 Å². The third-order valence-electron chi connectivity index (χ3n) is 10.4. The average molecular weight is 705 g/mol. The smallest absolute Gasteiger partial charge is 0.159 e. The van der Waals surface area contributed by atoms with Gasteiger partial charge in [0.1, 0.15) is 5.58 Å². The van der Waals surface area contributed by atoms with E-state index in [4.69, 9.17) is 4.42 Å². The van der Waals surface area contributed by atoms with E-state index in [1.807, 2.05) is 0 Å². The van der Waals surface area contributed by atoms with E-state index in [2.05, 4.69) is 228 Å². The summed E-state index contributed by atoms with van der Waals surface area (Å²) in [6, 6.07) is 77.5. The summed E-state index contributed by atoms with van der Waals surface area (Å²) in [6.07, 6.45) is 0. The molecule has 0 N–H and O–H groups in total. The third-order valence-corrected chi connectivity index (χ3v) is 10.4. The minimum Gasteiger partial charge on any atom is -0.454 e. The van der Waals surface area contributed by atoms with Gasteiger partial charge in [0.15, 0.2) is 5.58 Å². The Balaban J connectivity index is 1.17. The number of fused-ring (bicyclic) bond motifs is 4. The molecule has 10 rings (SSSR count). The van der Waals surface area contributed by atoms with Crippen LogP contribution in [0.4, 0.5) is 34.1 Å². The van der Waals surface area contributed by atoms with Crippen LogP contribution in [0.25, 0.3) is 55.0 Å². The lowest BCUT2D eigenvalue weighted by Gasteiger charge is -2.29. The Labute approximate surface area is 320 Å². The van der Waals surface area contributed by atoms with Crippen molar-refractivity contribution < 1.29 is 4.42 Å². The van der Waals surface area contributed by atoms with E-state index in [9.17, 15) is 0 Å². The molecule has 3 heteroatoms. The lowest BCUT2D eigenvalue weighted by atomic mass is 10.00. The molecule has 3 nitrogen and oxygen atoms in total. The molecular weight excluding hydrogens is 669 g/mol. The molecule has 0 unspecified atom stereocenters. The fourth-order valence-corrected chi connectivity index (χ4v) is 7.72. The predicted molar refractivity (Wildman–Crippen MR) is 231 cm³/mol. The van der Waals surface area contributed by atoms with Gasteiger partial charge in [0.2, 0.25) is 0 Å². The number of rotatable bonds is 8. The van der Waals surface area contributed by atoms with Crippen LogP contribution in [0.3, 0.4) is 0 Å². The maximum atomic E-state index is 6.90. The molecule has 0 aliphatic heterocycles. The van der Waals surface area contributed by atoms with E-state index in [0.717, 1.165) is 61.4 Å². The lowest BCUT2D eigenvalue weighted by molar-refractivity contribution is 0.669. The molecule has 55 heavy (non-hydrogen) atoms. The van der Waals surface area contributed by atoms with Crippen molar-refractivity contribution in [2.45, 2.75) is 0 Å². The summed E-state index contributed by atoms with van der Waals surface area (Å²) in [7, 11) is 0. The normalized spacial score (nSPS) is 11.3. The Morgan fingerprint density at radius 3 is 1.25 bits per heavy atom. The highest BCUT2D eigenvalue weighted by atomic mass is 16.3. The van der Waals surface area contributed by atoms with Crippen LogP contribution < -0.4 is 9.80 Å². The summed E-state index contributed by atoms with van der Waals surface area (Å²) < 4.78 is 6.90. The van der Waals surface area contributed by atoms with Crippen LogP contribution in [0, 0.1) is 0 Å². The van der Waals surface area contributed by atoms with Gasteiger partial charge in [-0.1, -0.05) is 146 Å². The van der Waals surface area contributed by atoms with E-state index in [-0.39, 0.29) is 0 Å². The molecule has 0 radical (unpaired) electrons. The van der Waals surface area contributed by atoms with E-state index >= 15 is 0 Å². The van der Waals surface area contributed by atoms with Crippen LogP contribution in [0.5, 0.6) is 0 Å². The van der Waals surface area contributed by atoms with Crippen LogP contribution in [0.2, 0.25) is 0 Å². The number of nitrogens with zero attached hydrogens (tertiary/aromatic N) is 2. The molecule has 1 aromatic heterocycles. The first kappa shape index (κ1) is 32.3. The Hall–Kier alpha value is -7.36. The second-order valence-corrected chi connectivity index (χ2v) is 13.8. The van der Waals surface area contributed by atoms with E-state index in [1.165, 1.54) is 27.6 Å². The molecule has 1 heterocycles. The number of hydrogen-bond acceptors (Lipinski definition) is 3. The molecule has 0 atom stereocenters. The highest BCUT2D eigenvalue weighted by molar-refractivity contribution is 6.15. The minimum atomic E-state index is 0.837. The van der Waals surface area contributed by atoms with Gasteiger partial charge in [-0.2, -0.15) is 0 Å². The first-order chi connectivity index (χ1) is 27.3. The lowest BCUT2D eigenvalue weighted by Crippen LogP contribution is -2.13. The van der Waals surface area contributed by atoms with Gasteiger partial charge in [0, 0.05) is 39.2 Å². The first-order valence-electron chi connectivity index (χ1n) is 18.7. The molecule has 0 amide bonds. The van der Waals surface area contributed by atoms with Crippen molar-refractivity contribution in [3.63, 3.8) is 0 Å². The van der Waals surface area contributed by atoms with Gasteiger partial charge in [-0.3, -0.25) is 0 Å². The number of anilines is 6. The van der Waals surface area contributed by atoms with Gasteiger partial charge in [-0.05, 0) is 106 Å². The van der Waals surface area contributed by atoms with Crippen molar-refractivity contribution in [2.24, 2.45) is 0 Å². The van der Waals surface area contributed by atoms with E-state index in [0.29, 0.717) is 0 Å². The third kappa shape index (κ3) is 6.08. The largest absolute Gasteiger partial charge is 0.454 e. The van der Waals surface area contributed by atoms with Crippen molar-refractivity contribution in [3.8, 4) is 22.3 Å². The van der Waals surface area contributed by atoms with Gasteiger partial charge in [0.05, 0.1) is 5.69 Å². The maximum absolute atomic E-state index is 6.90. The first-order valence-corrected chi connectivity index (χ1v) is 18.7. The summed E-state index contributed by atoms with van der Waals surface area (Å²) >= 11 is 0. The molecule has 0 fully saturated rings. The monoisotopic (exact) mass is 704 g/mol. The summed E-state index contributed by atoms with van der Waals surface area (Å²) in [5.74, 6) is 0. The number of hydrogen-bond donors (Lipinski definition) is 0. The summed E-state index contributed by atoms with van der Waals surface area (Å²) in [5, 5.41) is 4.47. The Bertz CT molecular complexity index is 2850. The SMILES string of the molecule is c1ccc(-c2ccc(-c3ccc(N(c4ccccc4)c4cc(N(c5ccccc5)c5ccccc5)c5oc6cc7ccccc7cc6c5c4)cc3)cc2)cc1. The average Bonchev–Trinajstić information content (AvgIpc) is 3.62. The zero-order valence-electron chi connectivity index (χ0n) is 30.1. The fraction of sp³-hybridized carbons (Fsp3) is 0. The van der Waals surface area contributed by atoms with Crippen molar-refractivity contribution in [1.82, 2.24) is 0 Å². The Morgan fingerprint density at radius 1 is 0.291 bits per heavy atom. The zero-order valence-corrected chi connectivity index (χ0v) is 30.1. The molecule has 0 spiro atoms. The molecule has 0 saturated heterocycles. The Kier molecular flexibility index (Phi) is 8.16. The molecular formula is C52H36N2O. The topological polar surface area (TPSA) is 19.6 Å². The highest BCUT2D eigenvalue weighted by Gasteiger charge is 2.24. The van der Waals surface area contributed by atoms with Crippen LogP contribution in [0.1, 0.15) is 0 Å². The van der Waals surface area contributed by atoms with Crippen LogP contribution >= 0.6 is 0 Å². The number of furan rings is 1. The van der Waals surface area contributed by atoms with Crippen molar-refractivity contribution >= 4 is 66.8 Å². The molecule has 9 aromatic carbocycles. The van der Waals surface area contributed by atoms with Crippen molar-refractivity contribution in [1.29, 1.82) is 0 Å². The second kappa shape index (κ2) is 13.9. The van der Waals surface area contributed by atoms with Crippen LogP contribution in [-0.2, 0) is 0 Å². The molecule has 0 bridgehead atoms. The molecule has 0 aliphatic rings. The molecule has 0 aliphatic carbocycles. The summed E-state index contributed by atoms with van der Waals surface area (Å²) in [5.41, 5.74) is 12.7. The standard InChI is InChI=1S/C52H36N2O/c1-5-15-37(16-6-1)38-25-27-39(28-26-38)40-29-31-46(32-30-40)53(43-19-7-2-8-20-43)47-35-49-48-33-41-17-13-14-18-42(41)34-51(48)55-52(49)50(36-47)54(44-21-9-3-10-22-44)45-23-11-4-12-24-45/h1-36H. The molecule has 0 saturated carbocycles. The predicted octanol–water partition coefficient (Wildman–Crippen LogP) is 15.0. The summed E-state index contributed by atoms with van der Waals surface area (Å²) in [6.45, 7) is 0. The van der Waals surface area contributed by atoms with Crippen LogP contribution in [-0.4, -0.2) is 0 Å². The van der Waals surface area contributed by atoms with Crippen molar-refractivity contribution in [3.05, 3.63) is 218 Å². The van der Waals surface area contributed by atoms with E-state index in [1.54, 1.807) is 0 Å². The molecule has 260 valence electrons. The van der Waals surface area contributed by atoms with Gasteiger partial charge >= 0.3 is 0 Å². The van der Waals surface area contributed by atoms with Crippen LogP contribution in [0.15, 0.2) is 223 Å². The minimum absolute atomic E-state index is 0.837. The van der Waals surface area contributed by atoms with E-state index < -0.39 is 0 Å². The van der Waals surface area contributed by atoms with Gasteiger partial charge < -0.3 is 14.2 Å². The number of benzene rings is 9. The zero-order chi connectivity index (χ0) is 36.6.